The number of carboxylic acid groups (broad SMARTS) is 1. The molecule has 1 N–H and O–H groups in total. The lowest BCUT2D eigenvalue weighted by molar-refractivity contribution is -0.144. The fraction of sp³-hybridized carbons (Fsp3) is 0.933. The number of unbranched alkanes of at least 4 members (excludes halogenated alkanes) is 3. The van der Waals surface area contributed by atoms with E-state index in [0.717, 1.165) is 19.4 Å². The summed E-state index contributed by atoms with van der Waals surface area (Å²) >= 11 is 0. The highest BCUT2D eigenvalue weighted by molar-refractivity contribution is 5.70. The van der Waals surface area contributed by atoms with Crippen LogP contribution in [0.4, 0.5) is 0 Å². The van der Waals surface area contributed by atoms with Crippen molar-refractivity contribution in [2.24, 2.45) is 5.92 Å². The van der Waals surface area contributed by atoms with Crippen molar-refractivity contribution in [2.75, 3.05) is 6.54 Å². The molecule has 0 bridgehead atoms. The number of aliphatic carboxylic acids is 1. The van der Waals surface area contributed by atoms with Gasteiger partial charge in [0.1, 0.15) is 0 Å². The van der Waals surface area contributed by atoms with E-state index in [9.17, 15) is 4.79 Å². The van der Waals surface area contributed by atoms with E-state index in [4.69, 9.17) is 5.11 Å². The second kappa shape index (κ2) is 7.78. The summed E-state index contributed by atoms with van der Waals surface area (Å²) in [7, 11) is 0. The highest BCUT2D eigenvalue weighted by Crippen LogP contribution is 2.26. The Morgan fingerprint density at radius 2 is 2.11 bits per heavy atom. The highest BCUT2D eigenvalue weighted by atomic mass is 16.4. The van der Waals surface area contributed by atoms with E-state index in [0.29, 0.717) is 12.1 Å². The first-order valence-electron chi connectivity index (χ1n) is 7.54. The van der Waals surface area contributed by atoms with Gasteiger partial charge in [-0.3, -0.25) is 9.69 Å². The Bertz CT molecular complexity index is 255. The number of carboxylic acids is 1. The summed E-state index contributed by atoms with van der Waals surface area (Å²) in [5.74, 6) is -0.736. The maximum absolute atomic E-state index is 11.0. The molecule has 3 nitrogen and oxygen atoms in total. The summed E-state index contributed by atoms with van der Waals surface area (Å²) in [6, 6.07) is 1.02. The lowest BCUT2D eigenvalue weighted by Gasteiger charge is -2.40. The summed E-state index contributed by atoms with van der Waals surface area (Å²) in [6.07, 6.45) is 8.15. The molecule has 1 saturated heterocycles. The molecule has 3 heteroatoms. The first-order chi connectivity index (χ1) is 8.56. The van der Waals surface area contributed by atoms with Gasteiger partial charge >= 0.3 is 5.97 Å². The molecule has 0 saturated carbocycles. The molecule has 0 amide bonds. The Morgan fingerprint density at radius 1 is 1.39 bits per heavy atom. The third-order valence-corrected chi connectivity index (χ3v) is 4.32. The minimum absolute atomic E-state index is 0.122. The minimum atomic E-state index is -0.614. The van der Waals surface area contributed by atoms with E-state index < -0.39 is 5.97 Å². The molecular weight excluding hydrogens is 226 g/mol. The molecule has 1 heterocycles. The van der Waals surface area contributed by atoms with Gasteiger partial charge in [-0.15, -0.1) is 0 Å². The number of hydrogen-bond acceptors (Lipinski definition) is 2. The van der Waals surface area contributed by atoms with Crippen LogP contribution in [0.25, 0.3) is 0 Å². The lowest BCUT2D eigenvalue weighted by atomic mass is 9.90. The molecular formula is C15H29NO2. The summed E-state index contributed by atoms with van der Waals surface area (Å²) in [5, 5.41) is 9.06. The third-order valence-electron chi connectivity index (χ3n) is 4.32. The van der Waals surface area contributed by atoms with Crippen LogP contribution in [0.3, 0.4) is 0 Å². The third kappa shape index (κ3) is 4.60. The van der Waals surface area contributed by atoms with Crippen LogP contribution in [0.15, 0.2) is 0 Å². The number of hydrogen-bond donors (Lipinski definition) is 1. The van der Waals surface area contributed by atoms with Crippen LogP contribution in [0.2, 0.25) is 0 Å². The number of piperidine rings is 1. The van der Waals surface area contributed by atoms with Gasteiger partial charge in [-0.05, 0) is 39.7 Å². The zero-order chi connectivity index (χ0) is 13.5. The summed E-state index contributed by atoms with van der Waals surface area (Å²) in [4.78, 5) is 13.5. The zero-order valence-corrected chi connectivity index (χ0v) is 12.2. The predicted molar refractivity (Wildman–Crippen MR) is 74.7 cm³/mol. The Morgan fingerprint density at radius 3 is 2.67 bits per heavy atom. The average Bonchev–Trinajstić information content (AvgIpc) is 2.34. The zero-order valence-electron chi connectivity index (χ0n) is 12.2. The van der Waals surface area contributed by atoms with Crippen molar-refractivity contribution >= 4 is 5.97 Å². The van der Waals surface area contributed by atoms with E-state index in [-0.39, 0.29) is 5.92 Å². The van der Waals surface area contributed by atoms with Crippen molar-refractivity contribution in [1.82, 2.24) is 4.90 Å². The van der Waals surface area contributed by atoms with Crippen LogP contribution in [-0.2, 0) is 4.79 Å². The van der Waals surface area contributed by atoms with Crippen molar-refractivity contribution < 1.29 is 9.90 Å². The molecule has 0 aromatic carbocycles. The van der Waals surface area contributed by atoms with Gasteiger partial charge in [0.2, 0.25) is 0 Å². The van der Waals surface area contributed by atoms with Gasteiger partial charge < -0.3 is 5.11 Å². The Hall–Kier alpha value is -0.570. The van der Waals surface area contributed by atoms with Crippen LogP contribution in [0, 0.1) is 5.92 Å². The fourth-order valence-corrected chi connectivity index (χ4v) is 3.10. The van der Waals surface area contributed by atoms with Crippen molar-refractivity contribution in [3.8, 4) is 0 Å². The molecule has 0 aromatic heterocycles. The average molecular weight is 255 g/mol. The van der Waals surface area contributed by atoms with Gasteiger partial charge in [0.15, 0.2) is 0 Å². The first-order valence-corrected chi connectivity index (χ1v) is 7.54. The molecule has 1 fully saturated rings. The van der Waals surface area contributed by atoms with Crippen molar-refractivity contribution in [3.63, 3.8) is 0 Å². The van der Waals surface area contributed by atoms with E-state index >= 15 is 0 Å². The summed E-state index contributed by atoms with van der Waals surface area (Å²) in [5.41, 5.74) is 0. The smallest absolute Gasteiger partial charge is 0.306 e. The van der Waals surface area contributed by atoms with Gasteiger partial charge in [-0.1, -0.05) is 32.6 Å². The summed E-state index contributed by atoms with van der Waals surface area (Å²) in [6.45, 7) is 7.66. The van der Waals surface area contributed by atoms with Gasteiger partial charge in [0, 0.05) is 12.1 Å². The molecule has 0 aromatic rings. The number of rotatable bonds is 7. The molecule has 3 unspecified atom stereocenters. The highest BCUT2D eigenvalue weighted by Gasteiger charge is 2.31. The second-order valence-electron chi connectivity index (χ2n) is 5.84. The van der Waals surface area contributed by atoms with Crippen LogP contribution in [-0.4, -0.2) is 34.6 Å². The molecule has 18 heavy (non-hydrogen) atoms. The Labute approximate surface area is 112 Å². The van der Waals surface area contributed by atoms with Crippen LogP contribution in [0.5, 0.6) is 0 Å². The molecule has 1 rings (SSSR count). The number of nitrogens with zero attached hydrogens (tertiary/aromatic N) is 1. The number of carbonyl (C=O) groups is 1. The van der Waals surface area contributed by atoms with E-state index in [1.165, 1.54) is 32.1 Å². The molecule has 0 spiro atoms. The van der Waals surface area contributed by atoms with E-state index in [1.54, 1.807) is 0 Å². The van der Waals surface area contributed by atoms with Crippen molar-refractivity contribution in [1.29, 1.82) is 0 Å². The van der Waals surface area contributed by atoms with Gasteiger partial charge in [-0.25, -0.2) is 0 Å². The first kappa shape index (κ1) is 15.5. The summed E-state index contributed by atoms with van der Waals surface area (Å²) < 4.78 is 0. The minimum Gasteiger partial charge on any atom is -0.481 e. The Kier molecular flexibility index (Phi) is 6.69. The van der Waals surface area contributed by atoms with Crippen LogP contribution in [0.1, 0.15) is 65.7 Å². The predicted octanol–water partition coefficient (Wildman–Crippen LogP) is 3.53. The van der Waals surface area contributed by atoms with E-state index in [1.807, 2.05) is 0 Å². The largest absolute Gasteiger partial charge is 0.481 e. The Balaban J connectivity index is 2.31. The monoisotopic (exact) mass is 255 g/mol. The molecule has 1 aliphatic heterocycles. The molecule has 0 aliphatic carbocycles. The maximum Gasteiger partial charge on any atom is 0.306 e. The van der Waals surface area contributed by atoms with Gasteiger partial charge in [0.05, 0.1) is 5.92 Å². The topological polar surface area (TPSA) is 40.5 Å². The SMILES string of the molecule is CCCCCCC(C)N1CCC(C(=O)O)CC1C. The molecule has 1 aliphatic rings. The fourth-order valence-electron chi connectivity index (χ4n) is 3.10. The lowest BCUT2D eigenvalue weighted by Crippen LogP contribution is -2.47. The molecule has 0 radical (unpaired) electrons. The van der Waals surface area contributed by atoms with Crippen LogP contribution < -0.4 is 0 Å². The van der Waals surface area contributed by atoms with Crippen molar-refractivity contribution in [2.45, 2.75) is 77.8 Å². The van der Waals surface area contributed by atoms with Gasteiger partial charge in [0.25, 0.3) is 0 Å². The number of likely N-dealkylation sites (tertiary alicyclic amines) is 1. The van der Waals surface area contributed by atoms with Gasteiger partial charge in [-0.2, -0.15) is 0 Å². The van der Waals surface area contributed by atoms with Crippen LogP contribution >= 0.6 is 0 Å². The standard InChI is InChI=1S/C15H29NO2/c1-4-5-6-7-8-12(2)16-10-9-14(15(17)18)11-13(16)3/h12-14H,4-11H2,1-3H3,(H,17,18). The second-order valence-corrected chi connectivity index (χ2v) is 5.84. The molecule has 3 atom stereocenters. The van der Waals surface area contributed by atoms with Crippen molar-refractivity contribution in [3.05, 3.63) is 0 Å². The molecule has 106 valence electrons. The quantitative estimate of drug-likeness (QED) is 0.707. The van der Waals surface area contributed by atoms with E-state index in [2.05, 4.69) is 25.7 Å². The maximum atomic E-state index is 11.0. The normalized spacial score (nSPS) is 27.1.